The van der Waals surface area contributed by atoms with Crippen LogP contribution in [0.4, 0.5) is 4.79 Å². The Morgan fingerprint density at radius 1 is 1.43 bits per heavy atom. The van der Waals surface area contributed by atoms with E-state index in [1.807, 2.05) is 6.92 Å². The quantitative estimate of drug-likeness (QED) is 0.702. The molecular weight excluding hydrogens is 180 g/mol. The van der Waals surface area contributed by atoms with Crippen LogP contribution < -0.4 is 10.6 Å². The predicted molar refractivity (Wildman–Crippen MR) is 55.3 cm³/mol. The molecule has 2 amide bonds. The molecule has 82 valence electrons. The van der Waals surface area contributed by atoms with Gasteiger partial charge in [-0.15, -0.1) is 0 Å². The molecule has 1 aliphatic rings. The molecule has 0 heterocycles. The van der Waals surface area contributed by atoms with Gasteiger partial charge in [0.15, 0.2) is 0 Å². The van der Waals surface area contributed by atoms with E-state index in [0.717, 1.165) is 25.8 Å². The van der Waals surface area contributed by atoms with Crippen molar-refractivity contribution in [2.75, 3.05) is 20.2 Å². The fraction of sp³-hybridized carbons (Fsp3) is 0.900. The second-order valence-corrected chi connectivity index (χ2v) is 3.85. The molecule has 2 N–H and O–H groups in total. The van der Waals surface area contributed by atoms with E-state index in [0.29, 0.717) is 6.54 Å². The molecule has 0 aromatic heterocycles. The minimum atomic E-state index is -0.0878. The Bertz CT molecular complexity index is 185. The van der Waals surface area contributed by atoms with Gasteiger partial charge in [0.1, 0.15) is 0 Å². The van der Waals surface area contributed by atoms with Gasteiger partial charge in [0.25, 0.3) is 0 Å². The molecule has 4 heteroatoms. The van der Waals surface area contributed by atoms with Gasteiger partial charge in [0.2, 0.25) is 0 Å². The van der Waals surface area contributed by atoms with Crippen LogP contribution in [-0.2, 0) is 4.74 Å². The maximum atomic E-state index is 11.2. The normalized spacial score (nSPS) is 18.4. The summed E-state index contributed by atoms with van der Waals surface area (Å²) in [6, 6.07) is -0.0878. The first kappa shape index (κ1) is 11.3. The number of ether oxygens (including phenoxy) is 1. The van der Waals surface area contributed by atoms with Crippen LogP contribution in [0.1, 0.15) is 32.6 Å². The van der Waals surface area contributed by atoms with Crippen LogP contribution in [0.25, 0.3) is 0 Å². The van der Waals surface area contributed by atoms with Crippen molar-refractivity contribution in [2.45, 2.75) is 38.2 Å². The second-order valence-electron chi connectivity index (χ2n) is 3.85. The maximum absolute atomic E-state index is 11.2. The van der Waals surface area contributed by atoms with Crippen molar-refractivity contribution < 1.29 is 9.53 Å². The Morgan fingerprint density at radius 2 is 2.14 bits per heavy atom. The monoisotopic (exact) mass is 200 g/mol. The van der Waals surface area contributed by atoms with E-state index in [-0.39, 0.29) is 11.6 Å². The Morgan fingerprint density at radius 3 is 2.57 bits per heavy atom. The zero-order valence-electron chi connectivity index (χ0n) is 9.06. The molecule has 1 saturated carbocycles. The molecule has 0 saturated heterocycles. The molecule has 1 fully saturated rings. The van der Waals surface area contributed by atoms with E-state index in [4.69, 9.17) is 4.74 Å². The molecule has 14 heavy (non-hydrogen) atoms. The molecule has 0 aromatic rings. The fourth-order valence-corrected chi connectivity index (χ4v) is 1.57. The van der Waals surface area contributed by atoms with Crippen molar-refractivity contribution in [1.29, 1.82) is 0 Å². The number of carbonyl (C=O) groups excluding carboxylic acids is 1. The Labute approximate surface area is 85.4 Å². The average Bonchev–Trinajstić information content (AvgIpc) is 2.14. The topological polar surface area (TPSA) is 50.4 Å². The van der Waals surface area contributed by atoms with Crippen LogP contribution in [0.15, 0.2) is 0 Å². The highest BCUT2D eigenvalue weighted by molar-refractivity contribution is 5.73. The maximum Gasteiger partial charge on any atom is 0.314 e. The molecule has 0 bridgehead atoms. The number of amides is 2. The number of methoxy groups -OCH3 is 1. The summed E-state index contributed by atoms with van der Waals surface area (Å²) in [5, 5.41) is 5.61. The highest BCUT2D eigenvalue weighted by Gasteiger charge is 2.37. The number of nitrogens with one attached hydrogen (secondary N) is 2. The summed E-state index contributed by atoms with van der Waals surface area (Å²) in [6.45, 7) is 3.38. The predicted octanol–water partition coefficient (Wildman–Crippen LogP) is 1.26. The minimum Gasteiger partial charge on any atom is -0.376 e. The number of hydrogen-bond acceptors (Lipinski definition) is 2. The summed E-state index contributed by atoms with van der Waals surface area (Å²) in [6.07, 6.45) is 4.27. The Kier molecular flexibility index (Phi) is 4.20. The highest BCUT2D eigenvalue weighted by Crippen LogP contribution is 2.34. The third-order valence-electron chi connectivity index (χ3n) is 2.80. The molecule has 1 rings (SSSR count). The highest BCUT2D eigenvalue weighted by atomic mass is 16.5. The number of carbonyl (C=O) groups is 1. The molecule has 0 atom stereocenters. The van der Waals surface area contributed by atoms with Crippen LogP contribution in [-0.4, -0.2) is 31.8 Å². The summed E-state index contributed by atoms with van der Waals surface area (Å²) < 4.78 is 5.39. The lowest BCUT2D eigenvalue weighted by Gasteiger charge is -2.40. The summed E-state index contributed by atoms with van der Waals surface area (Å²) >= 11 is 0. The van der Waals surface area contributed by atoms with Gasteiger partial charge in [-0.25, -0.2) is 4.79 Å². The molecule has 0 aromatic carbocycles. The first-order chi connectivity index (χ1) is 6.72. The fourth-order valence-electron chi connectivity index (χ4n) is 1.57. The van der Waals surface area contributed by atoms with Crippen molar-refractivity contribution in [1.82, 2.24) is 10.6 Å². The lowest BCUT2D eigenvalue weighted by molar-refractivity contribution is -0.0673. The van der Waals surface area contributed by atoms with Gasteiger partial charge in [-0.2, -0.15) is 0 Å². The molecule has 1 aliphatic carbocycles. The lowest BCUT2D eigenvalue weighted by Crippen LogP contribution is -2.51. The first-order valence-electron chi connectivity index (χ1n) is 5.29. The molecule has 0 spiro atoms. The van der Waals surface area contributed by atoms with Gasteiger partial charge >= 0.3 is 6.03 Å². The van der Waals surface area contributed by atoms with Crippen LogP contribution >= 0.6 is 0 Å². The van der Waals surface area contributed by atoms with Gasteiger partial charge in [-0.05, 0) is 25.7 Å². The third-order valence-corrected chi connectivity index (χ3v) is 2.80. The van der Waals surface area contributed by atoms with E-state index >= 15 is 0 Å². The molecule has 0 aliphatic heterocycles. The van der Waals surface area contributed by atoms with Crippen LogP contribution in [0.3, 0.4) is 0 Å². The standard InChI is InChI=1S/C10H20N2O2/c1-3-7-11-9(13)12-8-10(14-2)5-4-6-10/h3-8H2,1-2H3,(H2,11,12,13). The van der Waals surface area contributed by atoms with Crippen LogP contribution in [0, 0.1) is 0 Å². The Balaban J connectivity index is 2.15. The second kappa shape index (κ2) is 5.20. The van der Waals surface area contributed by atoms with Crippen molar-refractivity contribution in [3.05, 3.63) is 0 Å². The van der Waals surface area contributed by atoms with Gasteiger partial charge in [0.05, 0.1) is 5.60 Å². The van der Waals surface area contributed by atoms with Gasteiger partial charge in [0, 0.05) is 20.2 Å². The van der Waals surface area contributed by atoms with E-state index in [1.165, 1.54) is 6.42 Å². The van der Waals surface area contributed by atoms with Crippen LogP contribution in [0.2, 0.25) is 0 Å². The van der Waals surface area contributed by atoms with Gasteiger partial charge in [-0.1, -0.05) is 6.92 Å². The van der Waals surface area contributed by atoms with Crippen LogP contribution in [0.5, 0.6) is 0 Å². The van der Waals surface area contributed by atoms with Gasteiger partial charge < -0.3 is 15.4 Å². The zero-order chi connectivity index (χ0) is 10.4. The zero-order valence-corrected chi connectivity index (χ0v) is 9.06. The average molecular weight is 200 g/mol. The SMILES string of the molecule is CCCNC(=O)NCC1(OC)CCC1. The first-order valence-corrected chi connectivity index (χ1v) is 5.29. The van der Waals surface area contributed by atoms with E-state index < -0.39 is 0 Å². The Hall–Kier alpha value is -0.770. The molecule has 0 unspecified atom stereocenters. The van der Waals surface area contributed by atoms with Crippen molar-refractivity contribution in [3.63, 3.8) is 0 Å². The summed E-state index contributed by atoms with van der Waals surface area (Å²) in [5.41, 5.74) is -0.0798. The van der Waals surface area contributed by atoms with E-state index in [2.05, 4.69) is 10.6 Å². The smallest absolute Gasteiger partial charge is 0.314 e. The van der Waals surface area contributed by atoms with E-state index in [1.54, 1.807) is 7.11 Å². The minimum absolute atomic E-state index is 0.0798. The molecule has 4 nitrogen and oxygen atoms in total. The van der Waals surface area contributed by atoms with E-state index in [9.17, 15) is 4.79 Å². The van der Waals surface area contributed by atoms with Crippen molar-refractivity contribution >= 4 is 6.03 Å². The summed E-state index contributed by atoms with van der Waals surface area (Å²) in [5.74, 6) is 0. The molecular formula is C10H20N2O2. The molecule has 0 radical (unpaired) electrons. The number of hydrogen-bond donors (Lipinski definition) is 2. The van der Waals surface area contributed by atoms with Crippen molar-refractivity contribution in [3.8, 4) is 0 Å². The summed E-state index contributed by atoms with van der Waals surface area (Å²) in [4.78, 5) is 11.2. The largest absolute Gasteiger partial charge is 0.376 e. The number of rotatable bonds is 5. The third kappa shape index (κ3) is 2.87. The van der Waals surface area contributed by atoms with Gasteiger partial charge in [-0.3, -0.25) is 0 Å². The summed E-state index contributed by atoms with van der Waals surface area (Å²) in [7, 11) is 1.71. The van der Waals surface area contributed by atoms with Crippen molar-refractivity contribution in [2.24, 2.45) is 0 Å². The number of urea groups is 1. The lowest BCUT2D eigenvalue weighted by atomic mass is 9.80.